The molecule has 0 radical (unpaired) electrons. The van der Waals surface area contributed by atoms with E-state index in [1.165, 1.54) is 22.3 Å². The van der Waals surface area contributed by atoms with E-state index in [1.54, 1.807) is 6.92 Å². The summed E-state index contributed by atoms with van der Waals surface area (Å²) in [6, 6.07) is 31.5. The number of carboxylic acid groups (broad SMARTS) is 1. The zero-order valence-corrected chi connectivity index (χ0v) is 25.2. The number of fused-ring (bicyclic) bond motifs is 2. The molecule has 4 aromatic carbocycles. The highest BCUT2D eigenvalue weighted by Gasteiger charge is 2.24. The molecular formula is C38H40O5. The van der Waals surface area contributed by atoms with Crippen LogP contribution >= 0.6 is 0 Å². The molecule has 0 fully saturated rings. The molecule has 0 aromatic heterocycles. The monoisotopic (exact) mass is 576 g/mol. The second kappa shape index (κ2) is 14.3. The van der Waals surface area contributed by atoms with Crippen molar-refractivity contribution in [3.05, 3.63) is 136 Å². The predicted molar refractivity (Wildman–Crippen MR) is 172 cm³/mol. The molecule has 0 aliphatic heterocycles. The zero-order valence-electron chi connectivity index (χ0n) is 25.2. The van der Waals surface area contributed by atoms with Gasteiger partial charge < -0.3 is 19.3 Å². The van der Waals surface area contributed by atoms with Crippen molar-refractivity contribution >= 4 is 18.1 Å². The Kier molecular flexibility index (Phi) is 10.1. The summed E-state index contributed by atoms with van der Waals surface area (Å²) in [6.07, 6.45) is 4.61. The average molecular weight is 577 g/mol. The van der Waals surface area contributed by atoms with E-state index in [2.05, 4.69) is 92.7 Å². The fourth-order valence-corrected chi connectivity index (χ4v) is 5.61. The number of hydrogen-bond acceptors (Lipinski definition) is 4. The van der Waals surface area contributed by atoms with Crippen molar-refractivity contribution in [3.63, 3.8) is 0 Å². The molecule has 0 bridgehead atoms. The highest BCUT2D eigenvalue weighted by molar-refractivity contribution is 5.77. The molecule has 1 N–H and O–H groups in total. The van der Waals surface area contributed by atoms with E-state index in [9.17, 15) is 9.90 Å². The van der Waals surface area contributed by atoms with Crippen molar-refractivity contribution in [2.75, 3.05) is 19.8 Å². The van der Waals surface area contributed by atoms with Crippen LogP contribution in [-0.4, -0.2) is 37.0 Å². The van der Waals surface area contributed by atoms with Gasteiger partial charge >= 0.3 is 5.97 Å². The fraction of sp³-hybridized carbons (Fsp3) is 0.289. The van der Waals surface area contributed by atoms with E-state index >= 15 is 0 Å². The number of carboxylic acids is 1. The molecule has 5 heteroatoms. The molecule has 3 unspecified atom stereocenters. The first-order chi connectivity index (χ1) is 21.0. The SMILES string of the molecule is CCOC(Cc1ccc(OCCOC2c3ccc(CC)cc3C=Cc3ccc(C(C)c4ccccc4)cc32)cc1)C(=O)O. The molecule has 5 rings (SSSR count). The van der Waals surface area contributed by atoms with Gasteiger partial charge in [-0.05, 0) is 70.0 Å². The van der Waals surface area contributed by atoms with Gasteiger partial charge in [0.15, 0.2) is 6.10 Å². The molecule has 0 heterocycles. The Hall–Kier alpha value is -4.19. The van der Waals surface area contributed by atoms with Crippen molar-refractivity contribution in [3.8, 4) is 5.75 Å². The lowest BCUT2D eigenvalue weighted by Crippen LogP contribution is -2.26. The Labute approximate surface area is 254 Å². The van der Waals surface area contributed by atoms with Crippen LogP contribution in [0.1, 0.15) is 77.3 Å². The van der Waals surface area contributed by atoms with Gasteiger partial charge in [0, 0.05) is 18.9 Å². The number of aryl methyl sites for hydroxylation is 1. The van der Waals surface area contributed by atoms with Gasteiger partial charge in [0.25, 0.3) is 0 Å². The maximum absolute atomic E-state index is 11.4. The van der Waals surface area contributed by atoms with Crippen LogP contribution < -0.4 is 4.74 Å². The second-order valence-electron chi connectivity index (χ2n) is 10.9. The van der Waals surface area contributed by atoms with Gasteiger partial charge in [-0.3, -0.25) is 0 Å². The highest BCUT2D eigenvalue weighted by Crippen LogP contribution is 2.38. The van der Waals surface area contributed by atoms with E-state index in [1.807, 2.05) is 24.3 Å². The summed E-state index contributed by atoms with van der Waals surface area (Å²) in [4.78, 5) is 11.4. The third kappa shape index (κ3) is 7.42. The Morgan fingerprint density at radius 1 is 0.791 bits per heavy atom. The molecule has 4 aromatic rings. The van der Waals surface area contributed by atoms with Crippen LogP contribution in [-0.2, 0) is 27.1 Å². The molecule has 0 amide bonds. The van der Waals surface area contributed by atoms with Crippen LogP contribution in [0, 0.1) is 0 Å². The summed E-state index contributed by atoms with van der Waals surface area (Å²) >= 11 is 0. The summed E-state index contributed by atoms with van der Waals surface area (Å²) in [5, 5.41) is 9.36. The third-order valence-electron chi connectivity index (χ3n) is 8.10. The maximum atomic E-state index is 11.4. The summed E-state index contributed by atoms with van der Waals surface area (Å²) < 4.78 is 18.0. The highest BCUT2D eigenvalue weighted by atomic mass is 16.5. The van der Waals surface area contributed by atoms with Crippen molar-refractivity contribution < 1.29 is 24.1 Å². The van der Waals surface area contributed by atoms with Gasteiger partial charge in [0.05, 0.1) is 6.61 Å². The lowest BCUT2D eigenvalue weighted by Gasteiger charge is -2.23. The normalized spacial score (nSPS) is 15.2. The standard InChI is InChI=1S/C38H40O5/c1-4-27-13-20-34-32(23-27)17-15-30-14-16-31(26(3)29-9-7-6-8-10-29)25-35(30)37(34)43-22-21-42-33-18-11-28(12-19-33)24-36(38(39)40)41-5-2/h6-20,23,25-26,36-37H,4-5,21-22,24H2,1-3H3,(H,39,40). The molecule has 3 atom stereocenters. The van der Waals surface area contributed by atoms with Crippen LogP contribution in [0.2, 0.25) is 0 Å². The van der Waals surface area contributed by atoms with Gasteiger partial charge in [0.2, 0.25) is 0 Å². The lowest BCUT2D eigenvalue weighted by atomic mass is 9.88. The Balaban J connectivity index is 1.32. The number of hydrogen-bond donors (Lipinski definition) is 1. The average Bonchev–Trinajstić information content (AvgIpc) is 3.19. The van der Waals surface area contributed by atoms with Gasteiger partial charge in [-0.2, -0.15) is 0 Å². The topological polar surface area (TPSA) is 65.0 Å². The van der Waals surface area contributed by atoms with E-state index < -0.39 is 12.1 Å². The first-order valence-corrected chi connectivity index (χ1v) is 15.1. The molecule has 0 saturated carbocycles. The molecule has 5 nitrogen and oxygen atoms in total. The van der Waals surface area contributed by atoms with E-state index in [0.29, 0.717) is 32.0 Å². The number of ether oxygens (including phenoxy) is 3. The van der Waals surface area contributed by atoms with Crippen LogP contribution in [0.5, 0.6) is 5.75 Å². The molecule has 222 valence electrons. The van der Waals surface area contributed by atoms with E-state index in [0.717, 1.165) is 28.7 Å². The van der Waals surface area contributed by atoms with Crippen LogP contribution in [0.25, 0.3) is 12.2 Å². The summed E-state index contributed by atoms with van der Waals surface area (Å²) in [5.41, 5.74) is 9.38. The Morgan fingerprint density at radius 2 is 1.53 bits per heavy atom. The second-order valence-corrected chi connectivity index (χ2v) is 10.9. The first kappa shape index (κ1) is 30.3. The van der Waals surface area contributed by atoms with Gasteiger partial charge in [0.1, 0.15) is 18.5 Å². The van der Waals surface area contributed by atoms with E-state index in [-0.39, 0.29) is 12.0 Å². The summed E-state index contributed by atoms with van der Waals surface area (Å²) in [6.45, 7) is 7.37. The Morgan fingerprint density at radius 3 is 2.26 bits per heavy atom. The molecule has 0 saturated heterocycles. The van der Waals surface area contributed by atoms with Crippen LogP contribution in [0.3, 0.4) is 0 Å². The minimum absolute atomic E-state index is 0.230. The van der Waals surface area contributed by atoms with Crippen molar-refractivity contribution in [2.45, 2.75) is 51.7 Å². The van der Waals surface area contributed by atoms with Crippen molar-refractivity contribution in [1.82, 2.24) is 0 Å². The number of rotatable bonds is 13. The third-order valence-corrected chi connectivity index (χ3v) is 8.10. The molecule has 0 spiro atoms. The Bertz CT molecular complexity index is 1540. The maximum Gasteiger partial charge on any atom is 0.333 e. The molecule has 1 aliphatic rings. The minimum atomic E-state index is -0.955. The summed E-state index contributed by atoms with van der Waals surface area (Å²) in [7, 11) is 0. The number of carbonyl (C=O) groups is 1. The summed E-state index contributed by atoms with van der Waals surface area (Å²) in [5.74, 6) is 0.0150. The fourth-order valence-electron chi connectivity index (χ4n) is 5.61. The molecule has 1 aliphatic carbocycles. The van der Waals surface area contributed by atoms with Gasteiger partial charge in [-0.15, -0.1) is 0 Å². The first-order valence-electron chi connectivity index (χ1n) is 15.1. The molecular weight excluding hydrogens is 536 g/mol. The van der Waals surface area contributed by atoms with Gasteiger partial charge in [-0.25, -0.2) is 4.79 Å². The molecule has 43 heavy (non-hydrogen) atoms. The van der Waals surface area contributed by atoms with E-state index in [4.69, 9.17) is 14.2 Å². The lowest BCUT2D eigenvalue weighted by molar-refractivity contribution is -0.149. The zero-order chi connectivity index (χ0) is 30.2. The predicted octanol–water partition coefficient (Wildman–Crippen LogP) is 8.10. The van der Waals surface area contributed by atoms with Gasteiger partial charge in [-0.1, -0.05) is 105 Å². The van der Waals surface area contributed by atoms with Crippen LogP contribution in [0.15, 0.2) is 91.0 Å². The van der Waals surface area contributed by atoms with Crippen molar-refractivity contribution in [2.24, 2.45) is 0 Å². The largest absolute Gasteiger partial charge is 0.491 e. The number of benzene rings is 4. The smallest absolute Gasteiger partial charge is 0.333 e. The van der Waals surface area contributed by atoms with Crippen LogP contribution in [0.4, 0.5) is 0 Å². The minimum Gasteiger partial charge on any atom is -0.491 e. The van der Waals surface area contributed by atoms with Crippen molar-refractivity contribution in [1.29, 1.82) is 0 Å². The quantitative estimate of drug-likeness (QED) is 0.163. The number of aliphatic carboxylic acids is 1.